The lowest BCUT2D eigenvalue weighted by atomic mass is 10.1. The lowest BCUT2D eigenvalue weighted by Crippen LogP contribution is -2.50. The Morgan fingerprint density at radius 3 is 2.51 bits per heavy atom. The fourth-order valence-corrected chi connectivity index (χ4v) is 4.59. The van der Waals surface area contributed by atoms with Crippen molar-refractivity contribution in [1.29, 1.82) is 0 Å². The number of aryl methyl sites for hydroxylation is 1. The average molecular weight is 519 g/mol. The SMILES string of the molecule is COc1cccc(N(C(=O)Cn2nnc(-c3ccc(C)cc3)n2)[C@H](C(=O)NC(C)(C)C)c2cccs2)c1. The number of amides is 2. The lowest BCUT2D eigenvalue weighted by molar-refractivity contribution is -0.128. The van der Waals surface area contributed by atoms with E-state index in [9.17, 15) is 9.59 Å². The number of carbonyl (C=O) groups excluding carboxylic acids is 2. The van der Waals surface area contributed by atoms with Gasteiger partial charge in [0.05, 0.1) is 7.11 Å². The molecule has 1 N–H and O–H groups in total. The molecule has 0 aliphatic carbocycles. The number of aromatic nitrogens is 4. The van der Waals surface area contributed by atoms with Gasteiger partial charge in [-0.25, -0.2) is 0 Å². The maximum absolute atomic E-state index is 13.9. The highest BCUT2D eigenvalue weighted by Gasteiger charge is 2.35. The Hall–Kier alpha value is -4.05. The molecule has 0 radical (unpaired) electrons. The maximum atomic E-state index is 13.9. The molecule has 0 bridgehead atoms. The molecule has 192 valence electrons. The first-order valence-corrected chi connectivity index (χ1v) is 12.7. The molecule has 2 amide bonds. The predicted octanol–water partition coefficient (Wildman–Crippen LogP) is 4.41. The number of tetrazole rings is 1. The zero-order valence-corrected chi connectivity index (χ0v) is 22.3. The van der Waals surface area contributed by atoms with Gasteiger partial charge < -0.3 is 10.1 Å². The van der Waals surface area contributed by atoms with E-state index >= 15 is 0 Å². The van der Waals surface area contributed by atoms with E-state index in [1.165, 1.54) is 21.0 Å². The van der Waals surface area contributed by atoms with Crippen LogP contribution < -0.4 is 15.0 Å². The average Bonchev–Trinajstić information content (AvgIpc) is 3.54. The van der Waals surface area contributed by atoms with Gasteiger partial charge in [0.2, 0.25) is 11.7 Å². The fraction of sp³-hybridized carbons (Fsp3) is 0.296. The van der Waals surface area contributed by atoms with Gasteiger partial charge >= 0.3 is 0 Å². The summed E-state index contributed by atoms with van der Waals surface area (Å²) in [7, 11) is 1.56. The first kappa shape index (κ1) is 26.0. The summed E-state index contributed by atoms with van der Waals surface area (Å²) in [6.45, 7) is 7.50. The number of nitrogens with one attached hydrogen (secondary N) is 1. The quantitative estimate of drug-likeness (QED) is 0.371. The molecule has 10 heteroatoms. The normalized spacial score (nSPS) is 12.1. The van der Waals surface area contributed by atoms with Gasteiger partial charge in [-0.15, -0.1) is 21.5 Å². The Kier molecular flexibility index (Phi) is 7.68. The Bertz CT molecular complexity index is 1360. The van der Waals surface area contributed by atoms with Crippen LogP contribution in [0.1, 0.15) is 37.3 Å². The van der Waals surface area contributed by atoms with Crippen LogP contribution in [0.2, 0.25) is 0 Å². The van der Waals surface area contributed by atoms with E-state index in [1.54, 1.807) is 31.4 Å². The van der Waals surface area contributed by atoms with Crippen molar-refractivity contribution >= 4 is 28.8 Å². The van der Waals surface area contributed by atoms with Gasteiger partial charge in [-0.1, -0.05) is 42.0 Å². The highest BCUT2D eigenvalue weighted by Crippen LogP contribution is 2.33. The molecule has 2 heterocycles. The standard InChI is InChI=1S/C27H30N6O3S/c1-18-11-13-19(14-12-18)25-29-31-32(30-25)17-23(34)33(20-8-6-9-21(16-20)36-5)24(22-10-7-15-37-22)26(35)28-27(2,3)4/h6-16,24H,17H2,1-5H3,(H,28,35)/t24-/m0/s1. The molecule has 0 unspecified atom stereocenters. The van der Waals surface area contributed by atoms with Crippen molar-refractivity contribution in [2.24, 2.45) is 0 Å². The van der Waals surface area contributed by atoms with Crippen molar-refractivity contribution in [3.63, 3.8) is 0 Å². The molecule has 4 aromatic rings. The number of thiophene rings is 1. The third kappa shape index (κ3) is 6.39. The molecule has 0 fully saturated rings. The first-order chi connectivity index (χ1) is 17.6. The summed E-state index contributed by atoms with van der Waals surface area (Å²) in [4.78, 5) is 31.0. The van der Waals surface area contributed by atoms with Crippen molar-refractivity contribution in [2.45, 2.75) is 45.8 Å². The molecule has 9 nitrogen and oxygen atoms in total. The van der Waals surface area contributed by atoms with Crippen LogP contribution in [0.25, 0.3) is 11.4 Å². The van der Waals surface area contributed by atoms with E-state index in [-0.39, 0.29) is 18.4 Å². The predicted molar refractivity (Wildman–Crippen MR) is 143 cm³/mol. The molecular formula is C27H30N6O3S. The molecule has 0 saturated carbocycles. The smallest absolute Gasteiger partial charge is 0.251 e. The number of ether oxygens (including phenoxy) is 1. The Morgan fingerprint density at radius 2 is 1.86 bits per heavy atom. The molecule has 37 heavy (non-hydrogen) atoms. The number of anilines is 1. The van der Waals surface area contributed by atoms with Crippen LogP contribution in [0, 0.1) is 6.92 Å². The number of carbonyl (C=O) groups is 2. The molecule has 2 aromatic carbocycles. The zero-order chi connectivity index (χ0) is 26.6. The summed E-state index contributed by atoms with van der Waals surface area (Å²) >= 11 is 1.41. The van der Waals surface area contributed by atoms with E-state index in [0.29, 0.717) is 17.3 Å². The second-order valence-corrected chi connectivity index (χ2v) is 10.6. The summed E-state index contributed by atoms with van der Waals surface area (Å²) < 4.78 is 5.40. The first-order valence-electron chi connectivity index (χ1n) is 11.8. The lowest BCUT2D eigenvalue weighted by Gasteiger charge is -2.33. The molecule has 0 spiro atoms. The number of hydrogen-bond acceptors (Lipinski definition) is 7. The maximum Gasteiger partial charge on any atom is 0.251 e. The van der Waals surface area contributed by atoms with Gasteiger partial charge in [-0.3, -0.25) is 14.5 Å². The number of methoxy groups -OCH3 is 1. The van der Waals surface area contributed by atoms with Crippen LogP contribution in [-0.2, 0) is 16.1 Å². The van der Waals surface area contributed by atoms with Crippen LogP contribution in [0.4, 0.5) is 5.69 Å². The summed E-state index contributed by atoms with van der Waals surface area (Å²) in [5.74, 6) is 0.319. The van der Waals surface area contributed by atoms with Crippen LogP contribution in [0.3, 0.4) is 0 Å². The molecule has 2 aromatic heterocycles. The highest BCUT2D eigenvalue weighted by atomic mass is 32.1. The highest BCUT2D eigenvalue weighted by molar-refractivity contribution is 7.10. The van der Waals surface area contributed by atoms with E-state index in [1.807, 2.05) is 69.5 Å². The second-order valence-electron chi connectivity index (χ2n) is 9.63. The van der Waals surface area contributed by atoms with Crippen LogP contribution >= 0.6 is 11.3 Å². The second kappa shape index (κ2) is 10.9. The number of nitrogens with zero attached hydrogens (tertiary/aromatic N) is 5. The fourth-order valence-electron chi connectivity index (χ4n) is 3.78. The van der Waals surface area contributed by atoms with Crippen molar-refractivity contribution in [1.82, 2.24) is 25.5 Å². The molecule has 1 atom stereocenters. The molecular weight excluding hydrogens is 488 g/mol. The van der Waals surface area contributed by atoms with E-state index in [4.69, 9.17) is 4.74 Å². The van der Waals surface area contributed by atoms with Crippen LogP contribution in [-0.4, -0.2) is 44.7 Å². The van der Waals surface area contributed by atoms with Gasteiger partial charge in [0.1, 0.15) is 18.3 Å². The molecule has 0 saturated heterocycles. The van der Waals surface area contributed by atoms with Crippen molar-refractivity contribution in [3.05, 3.63) is 76.5 Å². The molecule has 0 aliphatic rings. The Labute approximate surface area is 220 Å². The third-order valence-corrected chi connectivity index (χ3v) is 6.38. The van der Waals surface area contributed by atoms with E-state index in [2.05, 4.69) is 20.7 Å². The number of hydrogen-bond donors (Lipinski definition) is 1. The van der Waals surface area contributed by atoms with Crippen molar-refractivity contribution < 1.29 is 14.3 Å². The third-order valence-electron chi connectivity index (χ3n) is 5.46. The monoisotopic (exact) mass is 518 g/mol. The van der Waals surface area contributed by atoms with Crippen LogP contribution in [0.5, 0.6) is 5.75 Å². The number of benzene rings is 2. The number of rotatable bonds is 8. The minimum Gasteiger partial charge on any atom is -0.497 e. The molecule has 4 rings (SSSR count). The minimum absolute atomic E-state index is 0.208. The van der Waals surface area contributed by atoms with E-state index in [0.717, 1.165) is 16.0 Å². The Balaban J connectivity index is 1.72. The molecule has 0 aliphatic heterocycles. The summed E-state index contributed by atoms with van der Waals surface area (Å²) in [6, 6.07) is 17.6. The van der Waals surface area contributed by atoms with E-state index < -0.39 is 11.6 Å². The minimum atomic E-state index is -0.904. The van der Waals surface area contributed by atoms with Crippen molar-refractivity contribution in [2.75, 3.05) is 12.0 Å². The largest absolute Gasteiger partial charge is 0.497 e. The van der Waals surface area contributed by atoms with Gasteiger partial charge in [0, 0.05) is 27.7 Å². The van der Waals surface area contributed by atoms with Gasteiger partial charge in [0.25, 0.3) is 5.91 Å². The summed E-state index contributed by atoms with van der Waals surface area (Å²) in [5.41, 5.74) is 1.94. The Morgan fingerprint density at radius 1 is 1.11 bits per heavy atom. The summed E-state index contributed by atoms with van der Waals surface area (Å²) in [5, 5.41) is 17.5. The van der Waals surface area contributed by atoms with Crippen molar-refractivity contribution in [3.8, 4) is 17.1 Å². The summed E-state index contributed by atoms with van der Waals surface area (Å²) in [6.07, 6.45) is 0. The van der Waals surface area contributed by atoms with Gasteiger partial charge in [-0.05, 0) is 56.5 Å². The van der Waals surface area contributed by atoms with Gasteiger partial charge in [-0.2, -0.15) is 4.80 Å². The zero-order valence-electron chi connectivity index (χ0n) is 21.5. The van der Waals surface area contributed by atoms with Gasteiger partial charge in [0.15, 0.2) is 0 Å². The topological polar surface area (TPSA) is 102 Å². The van der Waals surface area contributed by atoms with Crippen LogP contribution in [0.15, 0.2) is 66.0 Å².